The molecule has 0 aliphatic heterocycles. The van der Waals surface area contributed by atoms with E-state index in [1.165, 1.54) is 11.3 Å². The maximum atomic E-state index is 12.2. The zero-order valence-corrected chi connectivity index (χ0v) is 12.8. The molecule has 0 aromatic carbocycles. The fourth-order valence-corrected chi connectivity index (χ4v) is 2.51. The second-order valence-corrected chi connectivity index (χ2v) is 7.39. The summed E-state index contributed by atoms with van der Waals surface area (Å²) in [6.07, 6.45) is 0. The number of amides is 1. The highest BCUT2D eigenvalue weighted by Crippen LogP contribution is 2.26. The number of thiophene rings is 1. The van der Waals surface area contributed by atoms with Crippen LogP contribution >= 0.6 is 27.3 Å². The number of carbonyl (C=O) groups excluding carboxylic acids is 1. The molecule has 1 heterocycles. The number of carbonyl (C=O) groups is 1. The quantitative estimate of drug-likeness (QED) is 0.808. The maximum absolute atomic E-state index is 12.2. The fraction of sp³-hybridized carbons (Fsp3) is 0.583. The molecule has 0 saturated heterocycles. The summed E-state index contributed by atoms with van der Waals surface area (Å²) in [5, 5.41) is 1.89. The van der Waals surface area contributed by atoms with Crippen molar-refractivity contribution in [2.75, 3.05) is 7.05 Å². The predicted octanol–water partition coefficient (Wildman–Crippen LogP) is 4.02. The molecule has 2 nitrogen and oxygen atoms in total. The van der Waals surface area contributed by atoms with Crippen LogP contribution in [0.2, 0.25) is 0 Å². The largest absolute Gasteiger partial charge is 0.338 e. The lowest BCUT2D eigenvalue weighted by atomic mass is 9.87. The van der Waals surface area contributed by atoms with Crippen molar-refractivity contribution in [3.63, 3.8) is 0 Å². The van der Waals surface area contributed by atoms with E-state index in [0.29, 0.717) is 0 Å². The van der Waals surface area contributed by atoms with Crippen LogP contribution in [-0.4, -0.2) is 23.9 Å². The van der Waals surface area contributed by atoms with Gasteiger partial charge in [0.2, 0.25) is 0 Å². The third kappa shape index (κ3) is 3.08. The van der Waals surface area contributed by atoms with Crippen LogP contribution in [0, 0.1) is 5.41 Å². The molecule has 1 rings (SSSR count). The lowest BCUT2D eigenvalue weighted by molar-refractivity contribution is 0.0630. The standard InChI is InChI=1S/C12H18BrNOS/c1-8(12(2,3)4)14(5)11(15)9-6-10(13)16-7-9/h6-8H,1-5H3. The van der Waals surface area contributed by atoms with Crippen LogP contribution in [0.5, 0.6) is 0 Å². The van der Waals surface area contributed by atoms with Gasteiger partial charge in [-0.1, -0.05) is 20.8 Å². The highest BCUT2D eigenvalue weighted by atomic mass is 79.9. The second kappa shape index (κ2) is 4.88. The zero-order valence-electron chi connectivity index (χ0n) is 10.4. The average Bonchev–Trinajstić information content (AvgIpc) is 2.60. The molecule has 0 bridgehead atoms. The van der Waals surface area contributed by atoms with Crippen molar-refractivity contribution < 1.29 is 4.79 Å². The van der Waals surface area contributed by atoms with Gasteiger partial charge >= 0.3 is 0 Å². The van der Waals surface area contributed by atoms with E-state index < -0.39 is 0 Å². The van der Waals surface area contributed by atoms with E-state index >= 15 is 0 Å². The van der Waals surface area contributed by atoms with Crippen LogP contribution in [-0.2, 0) is 0 Å². The van der Waals surface area contributed by atoms with Crippen LogP contribution in [0.1, 0.15) is 38.1 Å². The molecule has 0 spiro atoms. The van der Waals surface area contributed by atoms with Crippen molar-refractivity contribution in [1.29, 1.82) is 0 Å². The van der Waals surface area contributed by atoms with E-state index in [1.807, 2.05) is 23.4 Å². The van der Waals surface area contributed by atoms with E-state index in [4.69, 9.17) is 0 Å². The minimum absolute atomic E-state index is 0.0874. The summed E-state index contributed by atoms with van der Waals surface area (Å²) < 4.78 is 0.993. The van der Waals surface area contributed by atoms with Crippen LogP contribution < -0.4 is 0 Å². The number of halogens is 1. The van der Waals surface area contributed by atoms with Crippen molar-refractivity contribution >= 4 is 33.2 Å². The van der Waals surface area contributed by atoms with Gasteiger partial charge < -0.3 is 4.90 Å². The van der Waals surface area contributed by atoms with Crippen molar-refractivity contribution in [1.82, 2.24) is 4.90 Å². The van der Waals surface area contributed by atoms with Crippen LogP contribution in [0.3, 0.4) is 0 Å². The molecule has 0 aliphatic rings. The lowest BCUT2D eigenvalue weighted by Crippen LogP contribution is -2.42. The summed E-state index contributed by atoms with van der Waals surface area (Å²) in [6, 6.07) is 2.08. The molecule has 1 amide bonds. The van der Waals surface area contributed by atoms with Gasteiger partial charge in [0, 0.05) is 18.5 Å². The summed E-state index contributed by atoms with van der Waals surface area (Å²) in [5.41, 5.74) is 0.855. The topological polar surface area (TPSA) is 20.3 Å². The molecule has 1 unspecified atom stereocenters. The Kier molecular flexibility index (Phi) is 4.18. The number of hydrogen-bond donors (Lipinski definition) is 0. The van der Waals surface area contributed by atoms with Gasteiger partial charge in [-0.05, 0) is 34.3 Å². The number of hydrogen-bond acceptors (Lipinski definition) is 2. The SMILES string of the molecule is CC(N(C)C(=O)c1csc(Br)c1)C(C)(C)C. The summed E-state index contributed by atoms with van der Waals surface area (Å²) in [6.45, 7) is 8.51. The molecule has 90 valence electrons. The molecule has 0 saturated carbocycles. The Morgan fingerprint density at radius 2 is 2.06 bits per heavy atom. The van der Waals surface area contributed by atoms with Gasteiger partial charge in [-0.15, -0.1) is 11.3 Å². The van der Waals surface area contributed by atoms with E-state index in [0.717, 1.165) is 9.35 Å². The molecule has 1 aromatic rings. The van der Waals surface area contributed by atoms with E-state index in [-0.39, 0.29) is 17.4 Å². The van der Waals surface area contributed by atoms with Gasteiger partial charge in [0.1, 0.15) is 0 Å². The first kappa shape index (κ1) is 13.7. The van der Waals surface area contributed by atoms with Crippen LogP contribution in [0.4, 0.5) is 0 Å². The van der Waals surface area contributed by atoms with Gasteiger partial charge in [0.15, 0.2) is 0 Å². The highest BCUT2D eigenvalue weighted by Gasteiger charge is 2.27. The average molecular weight is 304 g/mol. The first-order chi connectivity index (χ1) is 7.23. The highest BCUT2D eigenvalue weighted by molar-refractivity contribution is 9.11. The summed E-state index contributed by atoms with van der Waals surface area (Å²) in [5.74, 6) is 0.0874. The zero-order chi connectivity index (χ0) is 12.5. The van der Waals surface area contributed by atoms with Crippen molar-refractivity contribution in [2.24, 2.45) is 5.41 Å². The molecule has 1 atom stereocenters. The lowest BCUT2D eigenvalue weighted by Gasteiger charge is -2.35. The Bertz CT molecular complexity index is 381. The first-order valence-electron chi connectivity index (χ1n) is 5.24. The Hall–Kier alpha value is -0.350. The third-order valence-corrected chi connectivity index (χ3v) is 4.47. The predicted molar refractivity (Wildman–Crippen MR) is 73.0 cm³/mol. The van der Waals surface area contributed by atoms with Crippen LogP contribution in [0.25, 0.3) is 0 Å². The number of nitrogens with zero attached hydrogens (tertiary/aromatic N) is 1. The fourth-order valence-electron chi connectivity index (χ4n) is 1.38. The minimum Gasteiger partial charge on any atom is -0.338 e. The van der Waals surface area contributed by atoms with Crippen molar-refractivity contribution in [2.45, 2.75) is 33.7 Å². The smallest absolute Gasteiger partial charge is 0.254 e. The molecule has 0 N–H and O–H groups in total. The molecule has 0 radical (unpaired) electrons. The summed E-state index contributed by atoms with van der Waals surface area (Å²) in [4.78, 5) is 14.0. The number of rotatable bonds is 2. The van der Waals surface area contributed by atoms with Crippen LogP contribution in [0.15, 0.2) is 15.2 Å². The Morgan fingerprint density at radius 3 is 2.44 bits per heavy atom. The van der Waals surface area contributed by atoms with Gasteiger partial charge in [0.05, 0.1) is 9.35 Å². The molecule has 0 aliphatic carbocycles. The molecular weight excluding hydrogens is 286 g/mol. The summed E-state index contributed by atoms with van der Waals surface area (Å²) >= 11 is 4.91. The molecule has 16 heavy (non-hydrogen) atoms. The Morgan fingerprint density at radius 1 is 1.50 bits per heavy atom. The molecule has 0 fully saturated rings. The van der Waals surface area contributed by atoms with E-state index in [9.17, 15) is 4.79 Å². The second-order valence-electron chi connectivity index (χ2n) is 5.10. The molecule has 4 heteroatoms. The minimum atomic E-state index is 0.0874. The first-order valence-corrected chi connectivity index (χ1v) is 6.92. The van der Waals surface area contributed by atoms with Gasteiger partial charge in [-0.25, -0.2) is 0 Å². The Labute approximate surface area is 110 Å². The third-order valence-electron chi connectivity index (χ3n) is 2.97. The van der Waals surface area contributed by atoms with Gasteiger partial charge in [0.25, 0.3) is 5.91 Å². The van der Waals surface area contributed by atoms with Crippen molar-refractivity contribution in [3.8, 4) is 0 Å². The maximum Gasteiger partial charge on any atom is 0.254 e. The normalized spacial score (nSPS) is 13.6. The Balaban J connectivity index is 2.83. The van der Waals surface area contributed by atoms with E-state index in [1.54, 1.807) is 0 Å². The monoisotopic (exact) mass is 303 g/mol. The van der Waals surface area contributed by atoms with Gasteiger partial charge in [-0.2, -0.15) is 0 Å². The van der Waals surface area contributed by atoms with E-state index in [2.05, 4.69) is 43.6 Å². The van der Waals surface area contributed by atoms with Gasteiger partial charge in [-0.3, -0.25) is 4.79 Å². The van der Waals surface area contributed by atoms with Crippen molar-refractivity contribution in [3.05, 3.63) is 20.8 Å². The molecule has 1 aromatic heterocycles. The summed E-state index contributed by atoms with van der Waals surface area (Å²) in [7, 11) is 1.86. The molecular formula is C12H18BrNOS.